The van der Waals surface area contributed by atoms with E-state index >= 15 is 0 Å². The van der Waals surface area contributed by atoms with E-state index in [1.807, 2.05) is 11.9 Å². The van der Waals surface area contributed by atoms with Crippen molar-refractivity contribution in [1.29, 1.82) is 5.41 Å². The number of hydrogen-bond acceptors (Lipinski definition) is 4. The van der Waals surface area contributed by atoms with Crippen molar-refractivity contribution < 1.29 is 8.42 Å². The molecule has 0 aromatic heterocycles. The van der Waals surface area contributed by atoms with Gasteiger partial charge in [0, 0.05) is 12.1 Å². The maximum Gasteiger partial charge on any atom is 0.179 e. The Kier molecular flexibility index (Phi) is 5.50. The summed E-state index contributed by atoms with van der Waals surface area (Å²) in [6.45, 7) is 3.44. The Morgan fingerprint density at radius 3 is 2.63 bits per heavy atom. The van der Waals surface area contributed by atoms with E-state index in [4.69, 9.17) is 11.1 Å². The van der Waals surface area contributed by atoms with Crippen molar-refractivity contribution in [3.8, 4) is 0 Å². The molecule has 0 saturated carbocycles. The molecule has 0 unspecified atom stereocenters. The van der Waals surface area contributed by atoms with Gasteiger partial charge < -0.3 is 10.6 Å². The second kappa shape index (κ2) is 6.68. The highest BCUT2D eigenvalue weighted by Crippen LogP contribution is 2.13. The first-order valence-corrected chi connectivity index (χ1v) is 7.88. The molecule has 0 aliphatic rings. The molecule has 0 radical (unpaired) electrons. The third-order valence-corrected chi connectivity index (χ3v) is 4.54. The van der Waals surface area contributed by atoms with Gasteiger partial charge in [0.25, 0.3) is 0 Å². The van der Waals surface area contributed by atoms with Crippen LogP contribution >= 0.6 is 0 Å². The van der Waals surface area contributed by atoms with Crippen LogP contribution in [0.4, 0.5) is 0 Å². The summed E-state index contributed by atoms with van der Waals surface area (Å²) in [6.07, 6.45) is 0.996. The lowest BCUT2D eigenvalue weighted by Gasteiger charge is -2.15. The molecule has 19 heavy (non-hydrogen) atoms. The normalized spacial score (nSPS) is 11.7. The van der Waals surface area contributed by atoms with Crippen LogP contribution in [0.3, 0.4) is 0 Å². The quantitative estimate of drug-likeness (QED) is 0.579. The number of hydrogen-bond donors (Lipinski definition) is 2. The number of nitrogens with two attached hydrogens (primary N) is 1. The smallest absolute Gasteiger partial charge is 0.179 e. The van der Waals surface area contributed by atoms with Crippen LogP contribution < -0.4 is 5.73 Å². The van der Waals surface area contributed by atoms with Crippen molar-refractivity contribution in [2.45, 2.75) is 18.2 Å². The molecular weight excluding hydrogens is 262 g/mol. The molecule has 0 heterocycles. The lowest BCUT2D eigenvalue weighted by atomic mass is 10.2. The minimum Gasteiger partial charge on any atom is -0.384 e. The highest BCUT2D eigenvalue weighted by molar-refractivity contribution is 7.91. The van der Waals surface area contributed by atoms with E-state index in [0.717, 1.165) is 13.0 Å². The largest absolute Gasteiger partial charge is 0.384 e. The van der Waals surface area contributed by atoms with Gasteiger partial charge in [0.05, 0.1) is 10.6 Å². The molecule has 5 nitrogen and oxygen atoms in total. The summed E-state index contributed by atoms with van der Waals surface area (Å²) in [4.78, 5) is 2.22. The van der Waals surface area contributed by atoms with Crippen LogP contribution in [0.2, 0.25) is 0 Å². The number of amidine groups is 1. The topological polar surface area (TPSA) is 87.2 Å². The zero-order valence-electron chi connectivity index (χ0n) is 11.4. The number of nitrogens with zero attached hydrogens (tertiary/aromatic N) is 1. The van der Waals surface area contributed by atoms with Gasteiger partial charge in [-0.05, 0) is 32.1 Å². The summed E-state index contributed by atoms with van der Waals surface area (Å²) in [6, 6.07) is 6.24. The summed E-state index contributed by atoms with van der Waals surface area (Å²) in [5.41, 5.74) is 5.80. The molecule has 0 aliphatic carbocycles. The van der Waals surface area contributed by atoms with E-state index < -0.39 is 9.84 Å². The fourth-order valence-electron chi connectivity index (χ4n) is 1.74. The molecule has 6 heteroatoms. The third kappa shape index (κ3) is 4.65. The maximum atomic E-state index is 12.2. The standard InChI is InChI=1S/C13H21N3O2S/c1-3-7-16(2)8-9-19(17,18)12-6-4-5-11(10-12)13(14)15/h4-6,10H,3,7-9H2,1-2H3,(H3,14,15). The summed E-state index contributed by atoms with van der Waals surface area (Å²) >= 11 is 0. The van der Waals surface area contributed by atoms with Crippen LogP contribution in [0, 0.1) is 5.41 Å². The van der Waals surface area contributed by atoms with E-state index in [2.05, 4.69) is 6.92 Å². The molecule has 106 valence electrons. The van der Waals surface area contributed by atoms with Crippen molar-refractivity contribution in [2.75, 3.05) is 25.9 Å². The van der Waals surface area contributed by atoms with Gasteiger partial charge in [0.2, 0.25) is 0 Å². The van der Waals surface area contributed by atoms with E-state index in [1.165, 1.54) is 6.07 Å². The zero-order valence-corrected chi connectivity index (χ0v) is 12.2. The van der Waals surface area contributed by atoms with Crippen LogP contribution in [0.25, 0.3) is 0 Å². The SMILES string of the molecule is CCCN(C)CCS(=O)(=O)c1cccc(C(=N)N)c1. The molecule has 3 N–H and O–H groups in total. The van der Waals surface area contributed by atoms with Gasteiger partial charge >= 0.3 is 0 Å². The van der Waals surface area contributed by atoms with Crippen LogP contribution in [0.5, 0.6) is 0 Å². The summed E-state index contributed by atoms with van der Waals surface area (Å²) in [5.74, 6) is -0.0506. The Bertz CT molecular complexity index is 541. The lowest BCUT2D eigenvalue weighted by Crippen LogP contribution is -2.26. The molecule has 0 amide bonds. The monoisotopic (exact) mass is 283 g/mol. The van der Waals surface area contributed by atoms with Crippen molar-refractivity contribution in [2.24, 2.45) is 5.73 Å². The average Bonchev–Trinajstić information content (AvgIpc) is 2.37. The molecule has 0 aliphatic heterocycles. The van der Waals surface area contributed by atoms with Crippen molar-refractivity contribution in [3.05, 3.63) is 29.8 Å². The fraction of sp³-hybridized carbons (Fsp3) is 0.462. The Balaban J connectivity index is 2.83. The molecule has 1 aromatic carbocycles. The Labute approximate surface area is 114 Å². The van der Waals surface area contributed by atoms with Crippen molar-refractivity contribution in [1.82, 2.24) is 4.90 Å². The summed E-state index contributed by atoms with van der Waals surface area (Å²) in [5, 5.41) is 7.34. The van der Waals surface area contributed by atoms with Gasteiger partial charge in [-0.3, -0.25) is 5.41 Å². The summed E-state index contributed by atoms with van der Waals surface area (Å²) < 4.78 is 24.4. The minimum absolute atomic E-state index is 0.0743. The second-order valence-corrected chi connectivity index (χ2v) is 6.67. The van der Waals surface area contributed by atoms with Crippen molar-refractivity contribution in [3.63, 3.8) is 0 Å². The highest BCUT2D eigenvalue weighted by Gasteiger charge is 2.16. The first-order valence-electron chi connectivity index (χ1n) is 6.22. The van der Waals surface area contributed by atoms with Crippen LogP contribution in [0.1, 0.15) is 18.9 Å². The Morgan fingerprint density at radius 2 is 2.05 bits per heavy atom. The minimum atomic E-state index is -3.32. The molecule has 1 aromatic rings. The van der Waals surface area contributed by atoms with Crippen molar-refractivity contribution >= 4 is 15.7 Å². The van der Waals surface area contributed by atoms with Gasteiger partial charge in [-0.15, -0.1) is 0 Å². The van der Waals surface area contributed by atoms with E-state index in [1.54, 1.807) is 18.2 Å². The zero-order chi connectivity index (χ0) is 14.5. The predicted molar refractivity (Wildman–Crippen MR) is 77.3 cm³/mol. The van der Waals surface area contributed by atoms with E-state index in [-0.39, 0.29) is 16.5 Å². The lowest BCUT2D eigenvalue weighted by molar-refractivity contribution is 0.354. The highest BCUT2D eigenvalue weighted by atomic mass is 32.2. The van der Waals surface area contributed by atoms with E-state index in [9.17, 15) is 8.42 Å². The van der Waals surface area contributed by atoms with Crippen LogP contribution in [-0.2, 0) is 9.84 Å². The van der Waals surface area contributed by atoms with Crippen LogP contribution in [-0.4, -0.2) is 45.0 Å². The Morgan fingerprint density at radius 1 is 1.37 bits per heavy atom. The fourth-order valence-corrected chi connectivity index (χ4v) is 3.12. The first kappa shape index (κ1) is 15.7. The molecule has 0 atom stereocenters. The number of sulfone groups is 1. The molecule has 0 bridgehead atoms. The first-order chi connectivity index (χ1) is 8.86. The van der Waals surface area contributed by atoms with Gasteiger partial charge in [-0.1, -0.05) is 19.1 Å². The van der Waals surface area contributed by atoms with Gasteiger partial charge in [-0.25, -0.2) is 8.42 Å². The number of nitrogen functional groups attached to an aromatic ring is 1. The molecule has 1 rings (SSSR count). The molecule has 0 spiro atoms. The number of rotatable bonds is 7. The van der Waals surface area contributed by atoms with Crippen LogP contribution in [0.15, 0.2) is 29.2 Å². The molecule has 0 fully saturated rings. The Hall–Kier alpha value is -1.40. The number of nitrogens with one attached hydrogen (secondary N) is 1. The van der Waals surface area contributed by atoms with Gasteiger partial charge in [-0.2, -0.15) is 0 Å². The second-order valence-electron chi connectivity index (χ2n) is 4.56. The molecular formula is C13H21N3O2S. The number of benzene rings is 1. The van der Waals surface area contributed by atoms with Gasteiger partial charge in [0.1, 0.15) is 5.84 Å². The van der Waals surface area contributed by atoms with Gasteiger partial charge in [0.15, 0.2) is 9.84 Å². The average molecular weight is 283 g/mol. The predicted octanol–water partition coefficient (Wildman–Crippen LogP) is 1.09. The van der Waals surface area contributed by atoms with E-state index in [0.29, 0.717) is 12.1 Å². The summed E-state index contributed by atoms with van der Waals surface area (Å²) in [7, 11) is -1.42. The maximum absolute atomic E-state index is 12.2. The third-order valence-electron chi connectivity index (χ3n) is 2.85. The molecule has 0 saturated heterocycles.